The lowest BCUT2D eigenvalue weighted by atomic mass is 10.2. The van der Waals surface area contributed by atoms with Crippen molar-refractivity contribution >= 4 is 19.9 Å². The summed E-state index contributed by atoms with van der Waals surface area (Å²) in [7, 11) is -1.39. The number of nitro groups is 1. The van der Waals surface area contributed by atoms with Crippen LogP contribution >= 0.6 is 0 Å². The van der Waals surface area contributed by atoms with Crippen LogP contribution in [-0.2, 0) is 11.0 Å². The molecular weight excluding hydrogens is 282 g/mol. The van der Waals surface area contributed by atoms with E-state index in [1.54, 1.807) is 18.2 Å². The zero-order valence-electron chi connectivity index (χ0n) is 11.8. The molecule has 2 aromatic rings. The average molecular weight is 298 g/mol. The van der Waals surface area contributed by atoms with Crippen molar-refractivity contribution in [1.29, 1.82) is 0 Å². The van der Waals surface area contributed by atoms with E-state index in [1.165, 1.54) is 6.07 Å². The van der Waals surface area contributed by atoms with Crippen molar-refractivity contribution in [3.8, 4) is 0 Å². The van der Waals surface area contributed by atoms with Crippen molar-refractivity contribution in [1.82, 2.24) is 0 Å². The van der Waals surface area contributed by atoms with Crippen LogP contribution in [0.15, 0.2) is 60.8 Å². The van der Waals surface area contributed by atoms with Crippen molar-refractivity contribution in [2.24, 2.45) is 0 Å². The van der Waals surface area contributed by atoms with Crippen molar-refractivity contribution in [2.75, 3.05) is 0 Å². The molecule has 0 amide bonds. The first kappa shape index (κ1) is 15.2. The van der Waals surface area contributed by atoms with Gasteiger partial charge in [0.2, 0.25) is 0 Å². The first-order valence-electron chi connectivity index (χ1n) is 6.54. The van der Waals surface area contributed by atoms with Gasteiger partial charge in [-0.25, -0.2) is 0 Å². The lowest BCUT2D eigenvalue weighted by Crippen LogP contribution is -2.33. The van der Waals surface area contributed by atoms with E-state index < -0.39 is 9.04 Å². The van der Waals surface area contributed by atoms with Crippen LogP contribution in [0.4, 0.5) is 5.69 Å². The summed E-state index contributed by atoms with van der Waals surface area (Å²) >= 11 is 0. The lowest BCUT2D eigenvalue weighted by molar-refractivity contribution is -0.385. The zero-order chi connectivity index (χ0) is 15.2. The van der Waals surface area contributed by atoms with E-state index in [0.29, 0.717) is 5.56 Å². The second-order valence-electron chi connectivity index (χ2n) is 4.56. The van der Waals surface area contributed by atoms with E-state index in [-0.39, 0.29) is 17.2 Å². The van der Waals surface area contributed by atoms with Crippen LogP contribution in [0.5, 0.6) is 0 Å². The minimum Gasteiger partial charge on any atom is -0.403 e. The maximum Gasteiger partial charge on any atom is 0.275 e. The Kier molecular flexibility index (Phi) is 5.02. The highest BCUT2D eigenvalue weighted by molar-refractivity contribution is 6.72. The minimum atomic E-state index is -1.39. The van der Waals surface area contributed by atoms with Crippen LogP contribution in [0.3, 0.4) is 0 Å². The summed E-state index contributed by atoms with van der Waals surface area (Å²) in [4.78, 5) is 10.6. The van der Waals surface area contributed by atoms with E-state index in [1.807, 2.05) is 36.9 Å². The van der Waals surface area contributed by atoms with Gasteiger partial charge in [0.25, 0.3) is 14.7 Å². The van der Waals surface area contributed by atoms with Crippen LogP contribution in [0.1, 0.15) is 11.1 Å². The number of rotatable bonds is 6. The molecule has 0 saturated carbocycles. The van der Waals surface area contributed by atoms with E-state index in [9.17, 15) is 10.1 Å². The Morgan fingerprint density at radius 2 is 1.90 bits per heavy atom. The molecule has 0 aromatic heterocycles. The Labute approximate surface area is 125 Å². The Morgan fingerprint density at radius 1 is 1.24 bits per heavy atom. The third-order valence-electron chi connectivity index (χ3n) is 3.17. The fourth-order valence-electron chi connectivity index (χ4n) is 2.06. The van der Waals surface area contributed by atoms with Crippen LogP contribution < -0.4 is 5.19 Å². The molecule has 21 heavy (non-hydrogen) atoms. The SMILES string of the molecule is C=C[Si](OCc1ccccc1[N+](=O)[O-])c1ccccc1C. The summed E-state index contributed by atoms with van der Waals surface area (Å²) in [5.41, 5.74) is 3.63. The monoisotopic (exact) mass is 298 g/mol. The Hall–Kier alpha value is -2.24. The van der Waals surface area contributed by atoms with Crippen LogP contribution in [-0.4, -0.2) is 14.0 Å². The van der Waals surface area contributed by atoms with Gasteiger partial charge in [0.05, 0.1) is 17.1 Å². The molecule has 107 valence electrons. The molecule has 0 aliphatic rings. The number of benzene rings is 2. The molecule has 0 aliphatic carbocycles. The van der Waals surface area contributed by atoms with Gasteiger partial charge in [0.1, 0.15) is 0 Å². The normalized spacial score (nSPS) is 10.6. The van der Waals surface area contributed by atoms with Gasteiger partial charge in [0, 0.05) is 6.07 Å². The van der Waals surface area contributed by atoms with E-state index >= 15 is 0 Å². The van der Waals surface area contributed by atoms with Crippen LogP contribution in [0.2, 0.25) is 0 Å². The molecule has 0 atom stereocenters. The van der Waals surface area contributed by atoms with Gasteiger partial charge < -0.3 is 4.43 Å². The molecule has 4 nitrogen and oxygen atoms in total. The van der Waals surface area contributed by atoms with Gasteiger partial charge in [-0.3, -0.25) is 10.1 Å². The third-order valence-corrected chi connectivity index (χ3v) is 5.09. The molecule has 0 unspecified atom stereocenters. The van der Waals surface area contributed by atoms with Crippen molar-refractivity contribution < 1.29 is 9.35 Å². The second-order valence-corrected chi connectivity index (χ2v) is 6.52. The predicted molar refractivity (Wildman–Crippen MR) is 84.6 cm³/mol. The van der Waals surface area contributed by atoms with Crippen LogP contribution in [0.25, 0.3) is 0 Å². The Bertz CT molecular complexity index is 657. The molecule has 1 radical (unpaired) electrons. The van der Waals surface area contributed by atoms with Crippen molar-refractivity contribution in [2.45, 2.75) is 13.5 Å². The Morgan fingerprint density at radius 3 is 2.57 bits per heavy atom. The summed E-state index contributed by atoms with van der Waals surface area (Å²) in [6, 6.07) is 14.6. The zero-order valence-corrected chi connectivity index (χ0v) is 12.8. The average Bonchev–Trinajstić information content (AvgIpc) is 2.49. The van der Waals surface area contributed by atoms with Crippen LogP contribution in [0, 0.1) is 17.0 Å². The molecule has 0 aliphatic heterocycles. The highest BCUT2D eigenvalue weighted by atomic mass is 28.3. The maximum atomic E-state index is 11.0. The van der Waals surface area contributed by atoms with Gasteiger partial charge in [0.15, 0.2) is 0 Å². The minimum absolute atomic E-state index is 0.0905. The highest BCUT2D eigenvalue weighted by Crippen LogP contribution is 2.18. The number of nitro benzene ring substituents is 1. The van der Waals surface area contributed by atoms with Gasteiger partial charge >= 0.3 is 0 Å². The van der Waals surface area contributed by atoms with Crippen molar-refractivity contribution in [3.05, 3.63) is 82.1 Å². The molecular formula is C16H16NO3Si. The largest absolute Gasteiger partial charge is 0.403 e. The summed E-state index contributed by atoms with van der Waals surface area (Å²) in [5, 5.41) is 12.1. The summed E-state index contributed by atoms with van der Waals surface area (Å²) in [5.74, 6) is 0. The fourth-order valence-corrected chi connectivity index (χ4v) is 3.60. The summed E-state index contributed by atoms with van der Waals surface area (Å²) in [6.45, 7) is 6.07. The summed E-state index contributed by atoms with van der Waals surface area (Å²) in [6.07, 6.45) is 0. The molecule has 0 bridgehead atoms. The number of para-hydroxylation sites is 1. The summed E-state index contributed by atoms with van der Waals surface area (Å²) < 4.78 is 5.91. The number of hydrogen-bond acceptors (Lipinski definition) is 3. The molecule has 0 heterocycles. The van der Waals surface area contributed by atoms with E-state index in [2.05, 4.69) is 6.58 Å². The standard InChI is InChI=1S/C16H16NO3Si/c1-3-21(16-11-7-4-8-13(16)2)20-12-14-9-5-6-10-15(14)17(18)19/h3-11H,1,12H2,2H3. The second kappa shape index (κ2) is 6.96. The van der Waals surface area contributed by atoms with Crippen molar-refractivity contribution in [3.63, 3.8) is 0 Å². The molecule has 0 saturated heterocycles. The molecule has 5 heteroatoms. The molecule has 0 spiro atoms. The molecule has 0 N–H and O–H groups in total. The number of hydrogen-bond donors (Lipinski definition) is 0. The first-order chi connectivity index (χ1) is 10.1. The van der Waals surface area contributed by atoms with Gasteiger partial charge in [-0.1, -0.05) is 42.1 Å². The number of aryl methyl sites for hydroxylation is 1. The lowest BCUT2D eigenvalue weighted by Gasteiger charge is -2.14. The number of nitrogens with zero attached hydrogens (tertiary/aromatic N) is 1. The van der Waals surface area contributed by atoms with E-state index in [0.717, 1.165) is 10.8 Å². The topological polar surface area (TPSA) is 52.4 Å². The predicted octanol–water partition coefficient (Wildman–Crippen LogP) is 3.04. The molecule has 2 aromatic carbocycles. The smallest absolute Gasteiger partial charge is 0.275 e. The van der Waals surface area contributed by atoms with Gasteiger partial charge in [-0.15, -0.1) is 6.58 Å². The molecule has 0 fully saturated rings. The van der Waals surface area contributed by atoms with Gasteiger partial charge in [-0.05, 0) is 23.7 Å². The van der Waals surface area contributed by atoms with E-state index in [4.69, 9.17) is 4.43 Å². The quantitative estimate of drug-likeness (QED) is 0.468. The first-order valence-corrected chi connectivity index (χ1v) is 8.02. The van der Waals surface area contributed by atoms with Gasteiger partial charge in [-0.2, -0.15) is 0 Å². The highest BCUT2D eigenvalue weighted by Gasteiger charge is 2.18. The Balaban J connectivity index is 2.17. The molecule has 2 rings (SSSR count). The maximum absolute atomic E-state index is 11.0. The third kappa shape index (κ3) is 3.65. The fraction of sp³-hybridized carbons (Fsp3) is 0.125.